The van der Waals surface area contributed by atoms with Crippen molar-refractivity contribution in [3.05, 3.63) is 33.4 Å². The van der Waals surface area contributed by atoms with Crippen LogP contribution in [0, 0.1) is 20.8 Å². The molecule has 0 unspecified atom stereocenters. The second-order valence-electron chi connectivity index (χ2n) is 11.9. The number of nitrogens with zero attached hydrogens (tertiary/aromatic N) is 1. The van der Waals surface area contributed by atoms with E-state index >= 15 is 0 Å². The lowest BCUT2D eigenvalue weighted by molar-refractivity contribution is -0.235. The van der Waals surface area contributed by atoms with Crippen molar-refractivity contribution in [2.45, 2.75) is 81.3 Å². The highest BCUT2D eigenvalue weighted by Crippen LogP contribution is 2.63. The number of esters is 1. The number of fused-ring (bicyclic) bond motifs is 4. The number of amides is 2. The molecule has 7 rings (SSSR count). The SMILES string of the molecule is O=C(CCNC(=O)[C@@]12C[C@H]3OC(=O)[C@@H]1N(Cc1ccc(I)cc1)O[C@@H]2[C@H]1OC(C2CC2)(C2CC2)O[C@H]13)NCCO. The third-order valence-electron chi connectivity index (χ3n) is 9.23. The van der Waals surface area contributed by atoms with E-state index in [9.17, 15) is 14.4 Å². The molecule has 40 heavy (non-hydrogen) atoms. The van der Waals surface area contributed by atoms with Gasteiger partial charge in [0.25, 0.3) is 0 Å². The summed E-state index contributed by atoms with van der Waals surface area (Å²) >= 11 is 2.24. The molecular formula is C28H34IN3O8. The van der Waals surface area contributed by atoms with E-state index in [4.69, 9.17) is 24.2 Å². The van der Waals surface area contributed by atoms with E-state index in [1.165, 1.54) is 0 Å². The van der Waals surface area contributed by atoms with Crippen molar-refractivity contribution in [3.8, 4) is 0 Å². The molecular weight excluding hydrogens is 633 g/mol. The number of hydrogen-bond acceptors (Lipinski definition) is 9. The van der Waals surface area contributed by atoms with Crippen LogP contribution in [0.4, 0.5) is 0 Å². The summed E-state index contributed by atoms with van der Waals surface area (Å²) in [6.45, 7) is 0.383. The normalized spacial score (nSPS) is 35.6. The van der Waals surface area contributed by atoms with E-state index in [0.717, 1.165) is 34.8 Å². The molecule has 0 radical (unpaired) electrons. The molecule has 3 saturated carbocycles. The van der Waals surface area contributed by atoms with Gasteiger partial charge in [0.15, 0.2) is 11.8 Å². The number of carbonyl (C=O) groups is 3. The minimum atomic E-state index is -1.25. The molecule has 0 aromatic heterocycles. The molecule has 12 heteroatoms. The maximum atomic E-state index is 14.1. The Labute approximate surface area is 245 Å². The highest BCUT2D eigenvalue weighted by molar-refractivity contribution is 14.1. The summed E-state index contributed by atoms with van der Waals surface area (Å²) in [5, 5.41) is 16.1. The van der Waals surface area contributed by atoms with Gasteiger partial charge in [0, 0.05) is 41.3 Å². The van der Waals surface area contributed by atoms with Gasteiger partial charge in [-0.25, -0.2) is 0 Å². The Bertz CT molecular complexity index is 1180. The van der Waals surface area contributed by atoms with Crippen LogP contribution >= 0.6 is 22.6 Å². The van der Waals surface area contributed by atoms with Crippen molar-refractivity contribution < 1.29 is 38.5 Å². The van der Waals surface area contributed by atoms with Gasteiger partial charge < -0.3 is 30.0 Å². The molecule has 1 aromatic rings. The maximum Gasteiger partial charge on any atom is 0.327 e. The highest BCUT2D eigenvalue weighted by Gasteiger charge is 2.78. The Hall–Kier alpha value is -1.84. The van der Waals surface area contributed by atoms with E-state index in [1.54, 1.807) is 5.06 Å². The second-order valence-corrected chi connectivity index (χ2v) is 13.1. The van der Waals surface area contributed by atoms with Gasteiger partial charge in [-0.2, -0.15) is 5.06 Å². The zero-order chi connectivity index (χ0) is 27.6. The van der Waals surface area contributed by atoms with E-state index in [0.29, 0.717) is 18.4 Å². The number of hydroxylamine groups is 2. The zero-order valence-corrected chi connectivity index (χ0v) is 24.2. The predicted octanol–water partition coefficient (Wildman–Crippen LogP) is 1.01. The maximum absolute atomic E-state index is 14.1. The standard InChI is InChI=1S/C28H34IN3O8/c29-18-7-1-15(2-8-18)14-32-23-25(35)37-19-13-27(23,26(36)31-10-9-20(34)30-11-12-33)24(40-32)22-21(19)38-28(39-22,16-3-4-16)17-5-6-17/h1-2,7-8,16-17,19,21-24,33H,3-6,9-14H2,(H,30,34)(H,31,36)/t19-,21+,22+,23+,24-,27+/m1/s1. The van der Waals surface area contributed by atoms with Crippen LogP contribution < -0.4 is 10.6 Å². The largest absolute Gasteiger partial charge is 0.458 e. The summed E-state index contributed by atoms with van der Waals surface area (Å²) in [4.78, 5) is 46.4. The number of carbonyl (C=O) groups excluding carboxylic acids is 3. The lowest BCUT2D eigenvalue weighted by Gasteiger charge is -2.48. The van der Waals surface area contributed by atoms with Crippen molar-refractivity contribution in [3.63, 3.8) is 0 Å². The summed E-state index contributed by atoms with van der Waals surface area (Å²) in [5.41, 5.74) is -0.311. The van der Waals surface area contributed by atoms with Gasteiger partial charge in [0.2, 0.25) is 11.8 Å². The van der Waals surface area contributed by atoms with Gasteiger partial charge in [0.05, 0.1) is 13.2 Å². The van der Waals surface area contributed by atoms with E-state index < -0.39 is 47.6 Å². The molecule has 6 atom stereocenters. The quantitative estimate of drug-likeness (QED) is 0.247. The van der Waals surface area contributed by atoms with Crippen molar-refractivity contribution in [2.75, 3.05) is 19.7 Å². The van der Waals surface area contributed by atoms with E-state index in [1.807, 2.05) is 24.3 Å². The fourth-order valence-electron chi connectivity index (χ4n) is 7.17. The molecule has 3 aliphatic carbocycles. The summed E-state index contributed by atoms with van der Waals surface area (Å²) < 4.78 is 20.7. The van der Waals surface area contributed by atoms with Crippen LogP contribution in [0.1, 0.15) is 44.1 Å². The highest BCUT2D eigenvalue weighted by atomic mass is 127. The number of nitrogens with one attached hydrogen (secondary N) is 2. The Morgan fingerprint density at radius 1 is 1.02 bits per heavy atom. The Kier molecular flexibility index (Phi) is 6.86. The van der Waals surface area contributed by atoms with Crippen molar-refractivity contribution in [2.24, 2.45) is 17.3 Å². The lowest BCUT2D eigenvalue weighted by Crippen LogP contribution is -2.69. The first-order valence-corrected chi connectivity index (χ1v) is 15.3. The molecule has 216 valence electrons. The average molecular weight is 667 g/mol. The summed E-state index contributed by atoms with van der Waals surface area (Å²) in [7, 11) is 0. The van der Waals surface area contributed by atoms with Crippen LogP contribution in [0.3, 0.4) is 0 Å². The summed E-state index contributed by atoms with van der Waals surface area (Å²) in [5.74, 6) is -1.21. The fourth-order valence-corrected chi connectivity index (χ4v) is 7.53. The number of aliphatic hydroxyl groups excluding tert-OH is 1. The van der Waals surface area contributed by atoms with Crippen LogP contribution in [0.25, 0.3) is 0 Å². The van der Waals surface area contributed by atoms with Crippen LogP contribution in [-0.4, -0.2) is 83.9 Å². The molecule has 11 nitrogen and oxygen atoms in total. The number of benzene rings is 1. The number of halogens is 1. The van der Waals surface area contributed by atoms with E-state index in [-0.39, 0.29) is 44.4 Å². The minimum absolute atomic E-state index is 0.0520. The number of hydrogen-bond donors (Lipinski definition) is 3. The smallest absolute Gasteiger partial charge is 0.327 e. The number of ether oxygens (including phenoxy) is 3. The zero-order valence-electron chi connectivity index (χ0n) is 22.1. The molecule has 2 bridgehead atoms. The predicted molar refractivity (Wildman–Crippen MR) is 146 cm³/mol. The molecule has 3 heterocycles. The van der Waals surface area contributed by atoms with Gasteiger partial charge in [-0.3, -0.25) is 19.2 Å². The number of rotatable bonds is 10. The van der Waals surface area contributed by atoms with Gasteiger partial charge in [-0.05, 0) is 66.0 Å². The first kappa shape index (κ1) is 27.0. The first-order valence-electron chi connectivity index (χ1n) is 14.3. The lowest BCUT2D eigenvalue weighted by atomic mass is 9.62. The van der Waals surface area contributed by atoms with Crippen LogP contribution in [0.15, 0.2) is 24.3 Å². The molecule has 6 aliphatic rings. The summed E-state index contributed by atoms with van der Waals surface area (Å²) in [6, 6.07) is 6.97. The van der Waals surface area contributed by atoms with Crippen LogP contribution in [0.5, 0.6) is 0 Å². The average Bonchev–Trinajstić information content (AvgIpc) is 3.88. The molecule has 2 amide bonds. The Morgan fingerprint density at radius 2 is 1.73 bits per heavy atom. The molecule has 3 saturated heterocycles. The van der Waals surface area contributed by atoms with Gasteiger partial charge in [-0.1, -0.05) is 12.1 Å². The van der Waals surface area contributed by atoms with Crippen molar-refractivity contribution >= 4 is 40.4 Å². The van der Waals surface area contributed by atoms with Crippen molar-refractivity contribution in [1.82, 2.24) is 15.7 Å². The van der Waals surface area contributed by atoms with Crippen molar-refractivity contribution in [1.29, 1.82) is 0 Å². The first-order chi connectivity index (χ1) is 19.4. The Morgan fingerprint density at radius 3 is 2.40 bits per heavy atom. The molecule has 6 fully saturated rings. The fraction of sp³-hybridized carbons (Fsp3) is 0.679. The van der Waals surface area contributed by atoms with Crippen LogP contribution in [-0.2, 0) is 40.0 Å². The minimum Gasteiger partial charge on any atom is -0.458 e. The number of aliphatic hydroxyl groups is 1. The molecule has 3 N–H and O–H groups in total. The third kappa shape index (κ3) is 4.37. The second kappa shape index (κ2) is 10.2. The van der Waals surface area contributed by atoms with Crippen LogP contribution in [0.2, 0.25) is 0 Å². The van der Waals surface area contributed by atoms with Gasteiger partial charge in [-0.15, -0.1) is 0 Å². The summed E-state index contributed by atoms with van der Waals surface area (Å²) in [6.07, 6.45) is 2.05. The third-order valence-corrected chi connectivity index (χ3v) is 9.95. The van der Waals surface area contributed by atoms with E-state index in [2.05, 4.69) is 33.2 Å². The molecule has 3 aliphatic heterocycles. The molecule has 0 spiro atoms. The van der Waals surface area contributed by atoms with Gasteiger partial charge >= 0.3 is 5.97 Å². The molecule has 1 aromatic carbocycles. The monoisotopic (exact) mass is 667 g/mol. The Balaban J connectivity index is 1.20. The topological polar surface area (TPSA) is 136 Å². The van der Waals surface area contributed by atoms with Gasteiger partial charge in [0.1, 0.15) is 29.8 Å².